The molecule has 1 aliphatic heterocycles. The number of nitrogens with one attached hydrogen (secondary N) is 1. The SMILES string of the molecule is O=C(Nc1nccs1)C1CCCN(C(=O)c2ccccc2Cc2ccccc2)C1. The molecule has 0 bridgehead atoms. The minimum absolute atomic E-state index is 0.00304. The molecule has 0 spiro atoms. The van der Waals surface area contributed by atoms with Crippen LogP contribution in [-0.4, -0.2) is 34.8 Å². The predicted octanol–water partition coefficient (Wildman–Crippen LogP) is 4.22. The smallest absolute Gasteiger partial charge is 0.254 e. The molecule has 4 rings (SSSR count). The van der Waals surface area contributed by atoms with E-state index in [1.165, 1.54) is 16.9 Å². The molecule has 0 radical (unpaired) electrons. The Morgan fingerprint density at radius 3 is 2.69 bits per heavy atom. The number of aromatic nitrogens is 1. The molecule has 2 amide bonds. The molecule has 5 nitrogen and oxygen atoms in total. The second kappa shape index (κ2) is 9.01. The van der Waals surface area contributed by atoms with E-state index in [0.29, 0.717) is 24.6 Å². The van der Waals surface area contributed by atoms with Crippen LogP contribution in [0.15, 0.2) is 66.2 Å². The van der Waals surface area contributed by atoms with Crippen molar-refractivity contribution in [2.75, 3.05) is 18.4 Å². The fourth-order valence-electron chi connectivity index (χ4n) is 3.74. The Balaban J connectivity index is 1.47. The van der Waals surface area contributed by atoms with E-state index in [-0.39, 0.29) is 17.7 Å². The summed E-state index contributed by atoms with van der Waals surface area (Å²) in [6.45, 7) is 1.12. The van der Waals surface area contributed by atoms with Crippen LogP contribution < -0.4 is 5.32 Å². The summed E-state index contributed by atoms with van der Waals surface area (Å²) in [6.07, 6.45) is 3.99. The zero-order valence-electron chi connectivity index (χ0n) is 16.1. The molecule has 29 heavy (non-hydrogen) atoms. The Morgan fingerprint density at radius 2 is 1.90 bits per heavy atom. The average molecular weight is 406 g/mol. The fraction of sp³-hybridized carbons (Fsp3) is 0.261. The van der Waals surface area contributed by atoms with Gasteiger partial charge in [-0.15, -0.1) is 11.3 Å². The molecular formula is C23H23N3O2S. The summed E-state index contributed by atoms with van der Waals surface area (Å²) in [5.41, 5.74) is 2.91. The number of hydrogen-bond acceptors (Lipinski definition) is 4. The molecule has 0 saturated carbocycles. The highest BCUT2D eigenvalue weighted by atomic mass is 32.1. The summed E-state index contributed by atoms with van der Waals surface area (Å²) in [6, 6.07) is 17.9. The Kier molecular flexibility index (Phi) is 6.00. The number of benzene rings is 2. The zero-order valence-corrected chi connectivity index (χ0v) is 16.9. The van der Waals surface area contributed by atoms with E-state index in [1.54, 1.807) is 6.20 Å². The molecule has 1 unspecified atom stereocenters. The lowest BCUT2D eigenvalue weighted by molar-refractivity contribution is -0.121. The first-order valence-electron chi connectivity index (χ1n) is 9.82. The van der Waals surface area contributed by atoms with Gasteiger partial charge in [0.25, 0.3) is 5.91 Å². The lowest BCUT2D eigenvalue weighted by Crippen LogP contribution is -2.44. The van der Waals surface area contributed by atoms with Gasteiger partial charge >= 0.3 is 0 Å². The van der Waals surface area contributed by atoms with Crippen LogP contribution in [0.4, 0.5) is 5.13 Å². The lowest BCUT2D eigenvalue weighted by Gasteiger charge is -2.32. The topological polar surface area (TPSA) is 62.3 Å². The first-order chi connectivity index (χ1) is 14.2. The van der Waals surface area contributed by atoms with Gasteiger partial charge in [0.1, 0.15) is 0 Å². The van der Waals surface area contributed by atoms with Crippen molar-refractivity contribution >= 4 is 28.3 Å². The van der Waals surface area contributed by atoms with Gasteiger partial charge in [-0.1, -0.05) is 48.5 Å². The zero-order chi connectivity index (χ0) is 20.1. The summed E-state index contributed by atoms with van der Waals surface area (Å²) < 4.78 is 0. The van der Waals surface area contributed by atoms with E-state index in [9.17, 15) is 9.59 Å². The van der Waals surface area contributed by atoms with E-state index < -0.39 is 0 Å². The van der Waals surface area contributed by atoms with Crippen molar-refractivity contribution < 1.29 is 9.59 Å². The highest BCUT2D eigenvalue weighted by Crippen LogP contribution is 2.23. The second-order valence-corrected chi connectivity index (χ2v) is 8.13. The van der Waals surface area contributed by atoms with Crippen LogP contribution in [0.1, 0.15) is 34.3 Å². The number of carbonyl (C=O) groups excluding carboxylic acids is 2. The quantitative estimate of drug-likeness (QED) is 0.691. The third kappa shape index (κ3) is 4.71. The molecule has 2 aromatic carbocycles. The number of anilines is 1. The molecule has 148 valence electrons. The van der Waals surface area contributed by atoms with Gasteiger partial charge in [0, 0.05) is 30.2 Å². The highest BCUT2D eigenvalue weighted by molar-refractivity contribution is 7.13. The van der Waals surface area contributed by atoms with Crippen LogP contribution in [0, 0.1) is 5.92 Å². The van der Waals surface area contributed by atoms with Crippen molar-refractivity contribution in [3.63, 3.8) is 0 Å². The van der Waals surface area contributed by atoms with E-state index in [1.807, 2.05) is 52.7 Å². The van der Waals surface area contributed by atoms with E-state index in [4.69, 9.17) is 0 Å². The van der Waals surface area contributed by atoms with E-state index in [0.717, 1.165) is 24.0 Å². The van der Waals surface area contributed by atoms with Crippen molar-refractivity contribution in [3.05, 3.63) is 82.9 Å². The number of hydrogen-bond donors (Lipinski definition) is 1. The van der Waals surface area contributed by atoms with Crippen molar-refractivity contribution in [1.29, 1.82) is 0 Å². The summed E-state index contributed by atoms with van der Waals surface area (Å²) in [5, 5.41) is 5.30. The molecule has 1 aromatic heterocycles. The number of piperidine rings is 1. The predicted molar refractivity (Wildman–Crippen MR) is 115 cm³/mol. The van der Waals surface area contributed by atoms with Crippen molar-refractivity contribution in [2.24, 2.45) is 5.92 Å². The molecule has 3 aromatic rings. The van der Waals surface area contributed by atoms with Gasteiger partial charge < -0.3 is 10.2 Å². The van der Waals surface area contributed by atoms with Gasteiger partial charge in [-0.05, 0) is 36.5 Å². The first-order valence-corrected chi connectivity index (χ1v) is 10.7. The summed E-state index contributed by atoms with van der Waals surface area (Å²) in [7, 11) is 0. The van der Waals surface area contributed by atoms with Crippen molar-refractivity contribution in [3.8, 4) is 0 Å². The first kappa shape index (κ1) is 19.3. The fourth-order valence-corrected chi connectivity index (χ4v) is 4.27. The Bertz CT molecular complexity index is 973. The van der Waals surface area contributed by atoms with Crippen LogP contribution in [0.2, 0.25) is 0 Å². The number of thiazole rings is 1. The molecule has 1 fully saturated rings. The normalized spacial score (nSPS) is 16.4. The molecule has 1 N–H and O–H groups in total. The molecule has 0 aliphatic carbocycles. The monoisotopic (exact) mass is 405 g/mol. The van der Waals surface area contributed by atoms with Crippen molar-refractivity contribution in [2.45, 2.75) is 19.3 Å². The third-order valence-electron chi connectivity index (χ3n) is 5.23. The standard InChI is InChI=1S/C23H23N3O2S/c27-21(25-23-24-12-14-29-23)19-10-6-13-26(16-19)22(28)20-11-5-4-9-18(20)15-17-7-2-1-3-8-17/h1-5,7-9,11-12,14,19H,6,10,13,15-16H2,(H,24,25,27). The number of carbonyl (C=O) groups is 2. The largest absolute Gasteiger partial charge is 0.338 e. The molecular weight excluding hydrogens is 382 g/mol. The van der Waals surface area contributed by atoms with Crippen LogP contribution in [0.25, 0.3) is 0 Å². The Labute approximate surface area is 174 Å². The number of rotatable bonds is 5. The molecule has 2 heterocycles. The van der Waals surface area contributed by atoms with Gasteiger partial charge in [0.2, 0.25) is 5.91 Å². The second-order valence-electron chi connectivity index (χ2n) is 7.24. The van der Waals surface area contributed by atoms with E-state index >= 15 is 0 Å². The maximum atomic E-state index is 13.3. The number of amides is 2. The van der Waals surface area contributed by atoms with Crippen LogP contribution in [0.3, 0.4) is 0 Å². The lowest BCUT2D eigenvalue weighted by atomic mass is 9.94. The van der Waals surface area contributed by atoms with Crippen LogP contribution >= 0.6 is 11.3 Å². The van der Waals surface area contributed by atoms with E-state index in [2.05, 4.69) is 22.4 Å². The number of nitrogens with zero attached hydrogens (tertiary/aromatic N) is 2. The maximum Gasteiger partial charge on any atom is 0.254 e. The van der Waals surface area contributed by atoms with Gasteiger partial charge in [-0.2, -0.15) is 0 Å². The summed E-state index contributed by atoms with van der Waals surface area (Å²) in [4.78, 5) is 31.8. The average Bonchev–Trinajstić information content (AvgIpc) is 3.27. The summed E-state index contributed by atoms with van der Waals surface area (Å²) >= 11 is 1.40. The minimum Gasteiger partial charge on any atom is -0.338 e. The molecule has 1 aliphatic rings. The van der Waals surface area contributed by atoms with Gasteiger partial charge in [0.05, 0.1) is 5.92 Å². The minimum atomic E-state index is -0.210. The van der Waals surface area contributed by atoms with Crippen LogP contribution in [0.5, 0.6) is 0 Å². The molecule has 1 saturated heterocycles. The third-order valence-corrected chi connectivity index (χ3v) is 5.92. The highest BCUT2D eigenvalue weighted by Gasteiger charge is 2.30. The molecule has 6 heteroatoms. The van der Waals surface area contributed by atoms with Gasteiger partial charge in [-0.25, -0.2) is 4.98 Å². The van der Waals surface area contributed by atoms with Crippen LogP contribution in [-0.2, 0) is 11.2 Å². The Morgan fingerprint density at radius 1 is 1.10 bits per heavy atom. The maximum absolute atomic E-state index is 13.3. The van der Waals surface area contributed by atoms with Gasteiger partial charge in [-0.3, -0.25) is 9.59 Å². The van der Waals surface area contributed by atoms with Gasteiger partial charge in [0.15, 0.2) is 5.13 Å². The Hall–Kier alpha value is -2.99. The van der Waals surface area contributed by atoms with Crippen molar-refractivity contribution in [1.82, 2.24) is 9.88 Å². The number of likely N-dealkylation sites (tertiary alicyclic amines) is 1. The molecule has 1 atom stereocenters. The summed E-state index contributed by atoms with van der Waals surface area (Å²) in [5.74, 6) is -0.267.